The lowest BCUT2D eigenvalue weighted by atomic mass is 10.1. The third-order valence-corrected chi connectivity index (χ3v) is 4.77. The first-order valence-electron chi connectivity index (χ1n) is 8.32. The Morgan fingerprint density at radius 1 is 1.04 bits per heavy atom. The molecule has 1 saturated heterocycles. The van der Waals surface area contributed by atoms with E-state index in [2.05, 4.69) is 24.8 Å². The lowest BCUT2D eigenvalue weighted by Crippen LogP contribution is -2.46. The molecule has 0 spiro atoms. The Labute approximate surface area is 144 Å². The SMILES string of the molecule is Cc1c(CN2CCN(c3ncc(F)cn3)CC2)[nH]c2ccc(F)cc12. The summed E-state index contributed by atoms with van der Waals surface area (Å²) in [7, 11) is 0. The molecule has 1 aromatic carbocycles. The van der Waals surface area contributed by atoms with Gasteiger partial charge in [-0.25, -0.2) is 18.7 Å². The maximum absolute atomic E-state index is 13.4. The van der Waals surface area contributed by atoms with Crippen molar-refractivity contribution < 1.29 is 8.78 Å². The Kier molecular flexibility index (Phi) is 4.09. The molecule has 1 N–H and O–H groups in total. The summed E-state index contributed by atoms with van der Waals surface area (Å²) in [5.41, 5.74) is 3.18. The van der Waals surface area contributed by atoms with Gasteiger partial charge in [-0.05, 0) is 30.7 Å². The summed E-state index contributed by atoms with van der Waals surface area (Å²) in [5, 5.41) is 0.938. The van der Waals surface area contributed by atoms with Gasteiger partial charge in [0.1, 0.15) is 5.82 Å². The Morgan fingerprint density at radius 2 is 1.76 bits per heavy atom. The molecule has 0 radical (unpaired) electrons. The second-order valence-corrected chi connectivity index (χ2v) is 6.38. The van der Waals surface area contributed by atoms with E-state index in [1.54, 1.807) is 12.1 Å². The third kappa shape index (κ3) is 3.19. The van der Waals surface area contributed by atoms with Crippen molar-refractivity contribution in [1.82, 2.24) is 19.9 Å². The molecule has 3 aromatic rings. The van der Waals surface area contributed by atoms with Crippen molar-refractivity contribution in [2.24, 2.45) is 0 Å². The normalized spacial score (nSPS) is 15.9. The highest BCUT2D eigenvalue weighted by molar-refractivity contribution is 5.84. The molecule has 7 heteroatoms. The first kappa shape index (κ1) is 16.0. The fraction of sp³-hybridized carbons (Fsp3) is 0.333. The molecule has 1 fully saturated rings. The van der Waals surface area contributed by atoms with Gasteiger partial charge >= 0.3 is 0 Å². The molecule has 2 aromatic heterocycles. The van der Waals surface area contributed by atoms with Crippen LogP contribution < -0.4 is 4.90 Å². The molecule has 1 aliphatic heterocycles. The number of fused-ring (bicyclic) bond motifs is 1. The molecular formula is C18H19F2N5. The van der Waals surface area contributed by atoms with Crippen LogP contribution in [-0.4, -0.2) is 46.0 Å². The summed E-state index contributed by atoms with van der Waals surface area (Å²) < 4.78 is 26.4. The summed E-state index contributed by atoms with van der Waals surface area (Å²) in [4.78, 5) is 15.9. The zero-order valence-corrected chi connectivity index (χ0v) is 14.0. The number of anilines is 1. The van der Waals surface area contributed by atoms with Gasteiger partial charge in [0.25, 0.3) is 0 Å². The zero-order valence-electron chi connectivity index (χ0n) is 14.0. The maximum Gasteiger partial charge on any atom is 0.225 e. The van der Waals surface area contributed by atoms with Crippen LogP contribution in [0.1, 0.15) is 11.3 Å². The summed E-state index contributed by atoms with van der Waals surface area (Å²) in [5.74, 6) is -0.0690. The molecule has 0 saturated carbocycles. The van der Waals surface area contributed by atoms with Crippen LogP contribution in [-0.2, 0) is 6.54 Å². The van der Waals surface area contributed by atoms with E-state index >= 15 is 0 Å². The van der Waals surface area contributed by atoms with Gasteiger partial charge in [0.15, 0.2) is 5.82 Å². The Hall–Kier alpha value is -2.54. The molecule has 130 valence electrons. The zero-order chi connectivity index (χ0) is 17.4. The van der Waals surface area contributed by atoms with Gasteiger partial charge in [-0.2, -0.15) is 0 Å². The van der Waals surface area contributed by atoms with Crippen molar-refractivity contribution in [1.29, 1.82) is 0 Å². The Bertz CT molecular complexity index is 882. The van der Waals surface area contributed by atoms with E-state index < -0.39 is 5.82 Å². The molecule has 1 aliphatic rings. The van der Waals surface area contributed by atoms with Crippen LogP contribution >= 0.6 is 0 Å². The van der Waals surface area contributed by atoms with Crippen LogP contribution in [0.25, 0.3) is 10.9 Å². The molecule has 0 amide bonds. The van der Waals surface area contributed by atoms with Crippen LogP contribution in [0.4, 0.5) is 14.7 Å². The van der Waals surface area contributed by atoms with Crippen LogP contribution in [0.5, 0.6) is 0 Å². The van der Waals surface area contributed by atoms with Gasteiger partial charge in [0.05, 0.1) is 12.4 Å². The number of hydrogen-bond donors (Lipinski definition) is 1. The monoisotopic (exact) mass is 343 g/mol. The minimum Gasteiger partial charge on any atom is -0.357 e. The van der Waals surface area contributed by atoms with Crippen molar-refractivity contribution in [2.45, 2.75) is 13.5 Å². The van der Waals surface area contributed by atoms with E-state index in [1.807, 2.05) is 6.92 Å². The van der Waals surface area contributed by atoms with E-state index in [4.69, 9.17) is 0 Å². The lowest BCUT2D eigenvalue weighted by Gasteiger charge is -2.34. The summed E-state index contributed by atoms with van der Waals surface area (Å²) in [6.07, 6.45) is 2.39. The van der Waals surface area contributed by atoms with Gasteiger partial charge in [-0.3, -0.25) is 4.90 Å². The van der Waals surface area contributed by atoms with Crippen LogP contribution in [0.3, 0.4) is 0 Å². The van der Waals surface area contributed by atoms with E-state index in [1.165, 1.54) is 18.5 Å². The van der Waals surface area contributed by atoms with Gasteiger partial charge < -0.3 is 9.88 Å². The third-order valence-electron chi connectivity index (χ3n) is 4.77. The number of nitrogens with zero attached hydrogens (tertiary/aromatic N) is 4. The average Bonchev–Trinajstić information content (AvgIpc) is 2.92. The van der Waals surface area contributed by atoms with E-state index in [-0.39, 0.29) is 5.82 Å². The number of piperazine rings is 1. The number of benzene rings is 1. The van der Waals surface area contributed by atoms with Gasteiger partial charge in [-0.15, -0.1) is 0 Å². The number of hydrogen-bond acceptors (Lipinski definition) is 4. The summed E-state index contributed by atoms with van der Waals surface area (Å²) in [6.45, 7) is 6.13. The van der Waals surface area contributed by atoms with Gasteiger partial charge in [0.2, 0.25) is 5.95 Å². The van der Waals surface area contributed by atoms with Crippen molar-refractivity contribution in [3.63, 3.8) is 0 Å². The number of nitrogens with one attached hydrogen (secondary N) is 1. The minimum absolute atomic E-state index is 0.214. The Balaban J connectivity index is 1.43. The molecule has 0 aliphatic carbocycles. The fourth-order valence-electron chi connectivity index (χ4n) is 3.31. The van der Waals surface area contributed by atoms with E-state index in [0.29, 0.717) is 5.95 Å². The highest BCUT2D eigenvalue weighted by Crippen LogP contribution is 2.24. The fourth-order valence-corrected chi connectivity index (χ4v) is 3.31. The second-order valence-electron chi connectivity index (χ2n) is 6.38. The van der Waals surface area contributed by atoms with Crippen LogP contribution in [0, 0.1) is 18.6 Å². The van der Waals surface area contributed by atoms with Gasteiger partial charge in [0, 0.05) is 49.3 Å². The molecule has 3 heterocycles. The highest BCUT2D eigenvalue weighted by Gasteiger charge is 2.20. The predicted octanol–water partition coefficient (Wildman–Crippen LogP) is 2.87. The minimum atomic E-state index is -0.423. The lowest BCUT2D eigenvalue weighted by molar-refractivity contribution is 0.246. The maximum atomic E-state index is 13.4. The molecule has 25 heavy (non-hydrogen) atoms. The van der Waals surface area contributed by atoms with E-state index in [0.717, 1.165) is 54.9 Å². The number of aromatic amines is 1. The number of aromatic nitrogens is 3. The van der Waals surface area contributed by atoms with Crippen LogP contribution in [0.15, 0.2) is 30.6 Å². The number of H-pyrrole nitrogens is 1. The van der Waals surface area contributed by atoms with Gasteiger partial charge in [-0.1, -0.05) is 0 Å². The smallest absolute Gasteiger partial charge is 0.225 e. The second kappa shape index (κ2) is 6.40. The van der Waals surface area contributed by atoms with E-state index in [9.17, 15) is 8.78 Å². The molecule has 4 rings (SSSR count). The topological polar surface area (TPSA) is 48.1 Å². The van der Waals surface area contributed by atoms with Crippen molar-refractivity contribution in [3.8, 4) is 0 Å². The summed E-state index contributed by atoms with van der Waals surface area (Å²) in [6, 6.07) is 4.84. The standard InChI is InChI=1S/C18H19F2N5/c1-12-15-8-13(19)2-3-16(15)23-17(12)11-24-4-6-25(7-5-24)18-21-9-14(20)10-22-18/h2-3,8-10,23H,4-7,11H2,1H3. The number of rotatable bonds is 3. The first-order valence-corrected chi connectivity index (χ1v) is 8.32. The average molecular weight is 343 g/mol. The van der Waals surface area contributed by atoms with Crippen LogP contribution in [0.2, 0.25) is 0 Å². The highest BCUT2D eigenvalue weighted by atomic mass is 19.1. The first-order chi connectivity index (χ1) is 12.1. The molecule has 5 nitrogen and oxygen atoms in total. The molecule has 0 unspecified atom stereocenters. The quantitative estimate of drug-likeness (QED) is 0.794. The Morgan fingerprint density at radius 3 is 2.48 bits per heavy atom. The molecule has 0 bridgehead atoms. The largest absolute Gasteiger partial charge is 0.357 e. The number of aryl methyl sites for hydroxylation is 1. The van der Waals surface area contributed by atoms with Crippen molar-refractivity contribution in [3.05, 3.63) is 53.5 Å². The van der Waals surface area contributed by atoms with Crippen molar-refractivity contribution >= 4 is 16.9 Å². The predicted molar refractivity (Wildman–Crippen MR) is 92.5 cm³/mol. The number of halogens is 2. The summed E-state index contributed by atoms with van der Waals surface area (Å²) >= 11 is 0. The molecule has 0 atom stereocenters. The molecular weight excluding hydrogens is 324 g/mol. The van der Waals surface area contributed by atoms with Crippen molar-refractivity contribution in [2.75, 3.05) is 31.1 Å².